The van der Waals surface area contributed by atoms with Gasteiger partial charge in [-0.15, -0.1) is 0 Å². The van der Waals surface area contributed by atoms with E-state index in [-0.39, 0.29) is 22.4 Å². The first kappa shape index (κ1) is 22.8. The molecule has 0 aliphatic carbocycles. The number of benzene rings is 3. The van der Waals surface area contributed by atoms with E-state index >= 15 is 0 Å². The summed E-state index contributed by atoms with van der Waals surface area (Å²) in [7, 11) is 0. The van der Waals surface area contributed by atoms with E-state index < -0.39 is 4.92 Å². The predicted molar refractivity (Wildman–Crippen MR) is 127 cm³/mol. The number of nitro groups is 1. The Morgan fingerprint density at radius 3 is 2.42 bits per heavy atom. The second kappa shape index (κ2) is 10.5. The molecule has 1 amide bonds. The number of ether oxygens (including phenoxy) is 1. The monoisotopic (exact) mass is 465 g/mol. The largest absolute Gasteiger partial charge is 0.450 e. The maximum atomic E-state index is 12.6. The smallest absolute Gasteiger partial charge is 0.313 e. The number of hydrogen-bond donors (Lipinski definition) is 1. The molecule has 0 atom stereocenters. The van der Waals surface area contributed by atoms with Crippen LogP contribution < -0.4 is 10.1 Å². The Bertz CT molecular complexity index is 1110. The van der Waals surface area contributed by atoms with Gasteiger partial charge in [-0.25, -0.2) is 0 Å². The lowest BCUT2D eigenvalue weighted by atomic mass is 10.0. The molecule has 3 aromatic carbocycles. The van der Waals surface area contributed by atoms with Crippen molar-refractivity contribution >= 4 is 23.2 Å². The number of nitro benzene ring substituents is 1. The maximum Gasteiger partial charge on any atom is 0.313 e. The summed E-state index contributed by atoms with van der Waals surface area (Å²) in [6.45, 7) is 2.16. The Labute approximate surface area is 197 Å². The third-order valence-corrected chi connectivity index (χ3v) is 5.90. The number of carbonyl (C=O) groups excluding carboxylic acids is 1. The molecular formula is C25H24ClN3O4. The summed E-state index contributed by atoms with van der Waals surface area (Å²) in [5, 5.41) is 15.1. The van der Waals surface area contributed by atoms with Crippen molar-refractivity contribution in [2.75, 3.05) is 13.1 Å². The van der Waals surface area contributed by atoms with E-state index in [1.807, 2.05) is 47.4 Å². The van der Waals surface area contributed by atoms with E-state index in [1.165, 1.54) is 12.1 Å². The molecule has 1 fully saturated rings. The first-order valence-electron chi connectivity index (χ1n) is 10.8. The summed E-state index contributed by atoms with van der Waals surface area (Å²) in [6, 6.07) is 21.5. The lowest BCUT2D eigenvalue weighted by molar-refractivity contribution is -0.385. The summed E-state index contributed by atoms with van der Waals surface area (Å²) < 4.78 is 5.69. The van der Waals surface area contributed by atoms with E-state index in [2.05, 4.69) is 5.32 Å². The maximum absolute atomic E-state index is 12.6. The molecule has 1 aliphatic rings. The fraction of sp³-hybridized carbons (Fsp3) is 0.240. The zero-order valence-electron chi connectivity index (χ0n) is 17.9. The molecule has 1 N–H and O–H groups in total. The highest BCUT2D eigenvalue weighted by molar-refractivity contribution is 6.30. The number of amides is 1. The molecule has 0 unspecified atom stereocenters. The number of nitrogens with one attached hydrogen (secondary N) is 1. The number of rotatable bonds is 7. The van der Waals surface area contributed by atoms with Gasteiger partial charge in [0.15, 0.2) is 0 Å². The van der Waals surface area contributed by atoms with Gasteiger partial charge in [-0.05, 0) is 54.8 Å². The molecule has 4 rings (SSSR count). The SMILES string of the molecule is O=C(c1ccccc1)N1CCC(NCc2ccc(Oc3ccc(Cl)cc3[N+](=O)[O-])cc2)CC1. The van der Waals surface area contributed by atoms with Crippen molar-refractivity contribution < 1.29 is 14.5 Å². The summed E-state index contributed by atoms with van der Waals surface area (Å²) >= 11 is 5.85. The Hall–Kier alpha value is -3.42. The highest BCUT2D eigenvalue weighted by atomic mass is 35.5. The molecule has 0 spiro atoms. The molecule has 170 valence electrons. The van der Waals surface area contributed by atoms with Crippen molar-refractivity contribution in [1.29, 1.82) is 0 Å². The average Bonchev–Trinajstić information content (AvgIpc) is 2.85. The Morgan fingerprint density at radius 2 is 1.76 bits per heavy atom. The fourth-order valence-electron chi connectivity index (χ4n) is 3.83. The molecule has 0 aromatic heterocycles. The van der Waals surface area contributed by atoms with Gasteiger partial charge in [0.1, 0.15) is 5.75 Å². The van der Waals surface area contributed by atoms with Crippen LogP contribution in [0.3, 0.4) is 0 Å². The molecule has 1 heterocycles. The van der Waals surface area contributed by atoms with Gasteiger partial charge < -0.3 is 15.0 Å². The molecule has 8 heteroatoms. The molecule has 0 saturated carbocycles. The first-order chi connectivity index (χ1) is 16.0. The van der Waals surface area contributed by atoms with Crippen molar-refractivity contribution in [3.05, 3.63) is 99.1 Å². The number of carbonyl (C=O) groups is 1. The highest BCUT2D eigenvalue weighted by Gasteiger charge is 2.23. The lowest BCUT2D eigenvalue weighted by Gasteiger charge is -2.32. The first-order valence-corrected chi connectivity index (χ1v) is 11.2. The van der Waals surface area contributed by atoms with Crippen LogP contribution in [0.25, 0.3) is 0 Å². The van der Waals surface area contributed by atoms with Gasteiger partial charge in [-0.2, -0.15) is 0 Å². The molecule has 0 radical (unpaired) electrons. The second-order valence-electron chi connectivity index (χ2n) is 7.93. The standard InChI is InChI=1S/C25H24ClN3O4/c26-20-8-11-24(23(16-20)29(31)32)33-22-9-6-18(7-10-22)17-27-21-12-14-28(15-13-21)25(30)19-4-2-1-3-5-19/h1-11,16,21,27H,12-15,17H2. The van der Waals surface area contributed by atoms with Crippen molar-refractivity contribution in [2.24, 2.45) is 0 Å². The van der Waals surface area contributed by atoms with Crippen LogP contribution in [0.4, 0.5) is 5.69 Å². The summed E-state index contributed by atoms with van der Waals surface area (Å²) in [5.41, 5.74) is 1.64. The van der Waals surface area contributed by atoms with Crippen LogP contribution in [0.5, 0.6) is 11.5 Å². The van der Waals surface area contributed by atoms with Crippen LogP contribution in [-0.4, -0.2) is 34.9 Å². The van der Waals surface area contributed by atoms with Gasteiger partial charge >= 0.3 is 5.69 Å². The van der Waals surface area contributed by atoms with Gasteiger partial charge in [0.05, 0.1) is 4.92 Å². The summed E-state index contributed by atoms with van der Waals surface area (Å²) in [4.78, 5) is 25.2. The van der Waals surface area contributed by atoms with Crippen LogP contribution in [-0.2, 0) is 6.54 Å². The zero-order valence-corrected chi connectivity index (χ0v) is 18.7. The Kier molecular flexibility index (Phi) is 7.22. The van der Waals surface area contributed by atoms with Crippen molar-refractivity contribution in [2.45, 2.75) is 25.4 Å². The molecule has 7 nitrogen and oxygen atoms in total. The van der Waals surface area contributed by atoms with Gasteiger partial charge in [0, 0.05) is 42.3 Å². The van der Waals surface area contributed by atoms with Gasteiger partial charge in [-0.3, -0.25) is 14.9 Å². The average molecular weight is 466 g/mol. The third-order valence-electron chi connectivity index (χ3n) is 5.67. The van der Waals surface area contributed by atoms with Crippen LogP contribution in [0, 0.1) is 10.1 Å². The normalized spacial score (nSPS) is 14.2. The van der Waals surface area contributed by atoms with Crippen molar-refractivity contribution in [3.63, 3.8) is 0 Å². The molecule has 33 heavy (non-hydrogen) atoms. The summed E-state index contributed by atoms with van der Waals surface area (Å²) in [5.74, 6) is 0.745. The van der Waals surface area contributed by atoms with E-state index in [0.717, 1.165) is 37.1 Å². The van der Waals surface area contributed by atoms with Crippen LogP contribution in [0.1, 0.15) is 28.8 Å². The zero-order chi connectivity index (χ0) is 23.2. The Balaban J connectivity index is 1.27. The minimum atomic E-state index is -0.516. The molecule has 1 saturated heterocycles. The number of piperidine rings is 1. The number of likely N-dealkylation sites (tertiary alicyclic amines) is 1. The molecule has 3 aromatic rings. The Morgan fingerprint density at radius 1 is 1.06 bits per heavy atom. The van der Waals surface area contributed by atoms with Crippen molar-refractivity contribution in [3.8, 4) is 11.5 Å². The van der Waals surface area contributed by atoms with E-state index in [9.17, 15) is 14.9 Å². The molecular weight excluding hydrogens is 442 g/mol. The van der Waals surface area contributed by atoms with Crippen LogP contribution in [0.2, 0.25) is 5.02 Å². The van der Waals surface area contributed by atoms with Crippen molar-refractivity contribution in [1.82, 2.24) is 10.2 Å². The van der Waals surface area contributed by atoms with E-state index in [0.29, 0.717) is 18.3 Å². The van der Waals surface area contributed by atoms with Crippen LogP contribution >= 0.6 is 11.6 Å². The number of nitrogens with zero attached hydrogens (tertiary/aromatic N) is 2. The quantitative estimate of drug-likeness (QED) is 0.371. The molecule has 0 bridgehead atoms. The van der Waals surface area contributed by atoms with Gasteiger partial charge in [-0.1, -0.05) is 41.9 Å². The lowest BCUT2D eigenvalue weighted by Crippen LogP contribution is -2.44. The summed E-state index contributed by atoms with van der Waals surface area (Å²) in [6.07, 6.45) is 1.81. The van der Waals surface area contributed by atoms with Gasteiger partial charge in [0.25, 0.3) is 5.91 Å². The number of hydrogen-bond acceptors (Lipinski definition) is 5. The topological polar surface area (TPSA) is 84.7 Å². The van der Waals surface area contributed by atoms with E-state index in [1.54, 1.807) is 18.2 Å². The van der Waals surface area contributed by atoms with Gasteiger partial charge in [0.2, 0.25) is 5.75 Å². The van der Waals surface area contributed by atoms with E-state index in [4.69, 9.17) is 16.3 Å². The minimum absolute atomic E-state index is 0.0885. The van der Waals surface area contributed by atoms with Crippen LogP contribution in [0.15, 0.2) is 72.8 Å². The predicted octanol–water partition coefficient (Wildman–Crippen LogP) is 5.43. The second-order valence-corrected chi connectivity index (χ2v) is 8.37. The highest BCUT2D eigenvalue weighted by Crippen LogP contribution is 2.33. The fourth-order valence-corrected chi connectivity index (χ4v) is 4.00. The molecule has 1 aliphatic heterocycles. The number of halogens is 1. The minimum Gasteiger partial charge on any atom is -0.450 e. The third kappa shape index (κ3) is 5.88.